The third-order valence-electron chi connectivity index (χ3n) is 16.9. The average Bonchev–Trinajstić information content (AvgIpc) is 3.46. The highest BCUT2D eigenvalue weighted by molar-refractivity contribution is 5.76. The van der Waals surface area contributed by atoms with Crippen LogP contribution in [0.4, 0.5) is 0 Å². The molecule has 0 saturated carbocycles. The van der Waals surface area contributed by atoms with Crippen molar-refractivity contribution in [1.82, 2.24) is 5.32 Å². The molecule has 0 spiro atoms. The number of rotatable bonds is 68. The molecule has 0 bridgehead atoms. The van der Waals surface area contributed by atoms with Gasteiger partial charge < -0.3 is 20.3 Å². The van der Waals surface area contributed by atoms with Crippen LogP contribution in [0, 0.1) is 0 Å². The minimum absolute atomic E-state index is 0.0136. The first-order valence-corrected chi connectivity index (χ1v) is 36.3. The molecule has 472 valence electrons. The minimum atomic E-state index is -0.850. The first-order chi connectivity index (χ1) is 39.5. The summed E-state index contributed by atoms with van der Waals surface area (Å²) >= 11 is 0. The lowest BCUT2D eigenvalue weighted by atomic mass is 10.0. The molecular weight excluding hydrogens is 983 g/mol. The Morgan fingerprint density at radius 1 is 0.350 bits per heavy atom. The molecule has 0 fully saturated rings. The fourth-order valence-corrected chi connectivity index (χ4v) is 11.4. The van der Waals surface area contributed by atoms with Gasteiger partial charge >= 0.3 is 5.97 Å². The topological polar surface area (TPSA) is 95.9 Å². The number of hydrogen-bond donors (Lipinski definition) is 3. The summed E-state index contributed by atoms with van der Waals surface area (Å²) in [7, 11) is 0. The van der Waals surface area contributed by atoms with E-state index in [2.05, 4.69) is 43.5 Å². The quantitative estimate of drug-likeness (QED) is 0.0320. The van der Waals surface area contributed by atoms with Crippen LogP contribution in [-0.4, -0.2) is 47.4 Å². The van der Waals surface area contributed by atoms with Crippen molar-refractivity contribution < 1.29 is 24.5 Å². The highest BCUT2D eigenvalue weighted by atomic mass is 16.5. The smallest absolute Gasteiger partial charge is 0.305 e. The number of aliphatic hydroxyl groups excluding tert-OH is 2. The minimum Gasteiger partial charge on any atom is -0.466 e. The predicted octanol–water partition coefficient (Wildman–Crippen LogP) is 23.5. The normalized spacial score (nSPS) is 12.7. The molecule has 0 aliphatic carbocycles. The molecule has 3 N–H and O–H groups in total. The molecule has 0 aliphatic rings. The van der Waals surface area contributed by atoms with Crippen LogP contribution < -0.4 is 5.32 Å². The van der Waals surface area contributed by atoms with Crippen molar-refractivity contribution in [2.75, 3.05) is 13.2 Å². The molecule has 6 heteroatoms. The maximum absolute atomic E-state index is 12.5. The molecule has 0 saturated heterocycles. The fourth-order valence-electron chi connectivity index (χ4n) is 11.4. The number of carbonyl (C=O) groups excluding carboxylic acids is 2. The molecule has 2 unspecified atom stereocenters. The van der Waals surface area contributed by atoms with E-state index in [1.54, 1.807) is 6.08 Å². The standard InChI is InChI=1S/C74H141NO5/c1-3-5-7-9-11-13-15-17-19-21-23-31-34-38-42-46-50-54-58-62-66-72(77)71(70-76)75-73(78)67-63-59-55-51-47-43-39-35-32-29-27-25-24-26-28-30-33-37-41-45-49-53-57-61-65-69-80-74(79)68-64-60-56-52-48-44-40-36-22-20-18-16-14-12-10-8-6-4-2/h25-28,62,66,71-72,76-77H,3-24,29-61,63-65,67-70H2,1-2H3,(H,75,78)/b27-25-,28-26-,66-62+. The van der Waals surface area contributed by atoms with E-state index in [1.165, 1.54) is 327 Å². The van der Waals surface area contributed by atoms with Gasteiger partial charge in [-0.15, -0.1) is 0 Å². The summed E-state index contributed by atoms with van der Waals surface area (Å²) in [5, 5.41) is 23.2. The summed E-state index contributed by atoms with van der Waals surface area (Å²) in [5.41, 5.74) is 0. The number of amides is 1. The van der Waals surface area contributed by atoms with E-state index in [4.69, 9.17) is 4.74 Å². The molecule has 6 nitrogen and oxygen atoms in total. The van der Waals surface area contributed by atoms with Gasteiger partial charge in [0, 0.05) is 12.8 Å². The summed E-state index contributed by atoms with van der Waals surface area (Å²) in [6, 6.07) is -0.634. The Balaban J connectivity index is 3.44. The van der Waals surface area contributed by atoms with Crippen LogP contribution in [0.15, 0.2) is 36.5 Å². The van der Waals surface area contributed by atoms with E-state index in [9.17, 15) is 19.8 Å². The highest BCUT2D eigenvalue weighted by Crippen LogP contribution is 2.19. The summed E-state index contributed by atoms with van der Waals surface area (Å²) in [4.78, 5) is 24.6. The second kappa shape index (κ2) is 69.6. The van der Waals surface area contributed by atoms with Gasteiger partial charge in [-0.05, 0) is 64.2 Å². The van der Waals surface area contributed by atoms with E-state index in [0.29, 0.717) is 19.4 Å². The van der Waals surface area contributed by atoms with Gasteiger partial charge in [0.2, 0.25) is 5.91 Å². The fraction of sp³-hybridized carbons (Fsp3) is 0.892. The lowest BCUT2D eigenvalue weighted by Crippen LogP contribution is -2.45. The van der Waals surface area contributed by atoms with Crippen molar-refractivity contribution in [2.24, 2.45) is 0 Å². The Kier molecular flexibility index (Phi) is 67.9. The molecule has 0 rings (SSSR count). The van der Waals surface area contributed by atoms with Gasteiger partial charge in [0.25, 0.3) is 0 Å². The average molecular weight is 1120 g/mol. The monoisotopic (exact) mass is 1120 g/mol. The zero-order valence-electron chi connectivity index (χ0n) is 54.1. The number of allylic oxidation sites excluding steroid dienone is 5. The van der Waals surface area contributed by atoms with Gasteiger partial charge in [0.05, 0.1) is 25.4 Å². The molecule has 0 aromatic carbocycles. The van der Waals surface area contributed by atoms with E-state index in [0.717, 1.165) is 44.9 Å². The lowest BCUT2D eigenvalue weighted by molar-refractivity contribution is -0.143. The Hall–Kier alpha value is -1.92. The van der Waals surface area contributed by atoms with Crippen LogP contribution >= 0.6 is 0 Å². The zero-order chi connectivity index (χ0) is 57.8. The summed E-state index contributed by atoms with van der Waals surface area (Å²) in [6.07, 6.45) is 89.4. The van der Waals surface area contributed by atoms with Crippen LogP contribution in [-0.2, 0) is 14.3 Å². The van der Waals surface area contributed by atoms with Gasteiger partial charge in [-0.25, -0.2) is 0 Å². The molecule has 0 radical (unpaired) electrons. The Labute approximate surface area is 500 Å². The molecule has 0 aromatic rings. The van der Waals surface area contributed by atoms with Gasteiger partial charge in [-0.2, -0.15) is 0 Å². The molecule has 0 heterocycles. The summed E-state index contributed by atoms with van der Waals surface area (Å²) in [6.45, 7) is 4.94. The molecule has 2 atom stereocenters. The molecule has 1 amide bonds. The van der Waals surface area contributed by atoms with Crippen molar-refractivity contribution >= 4 is 11.9 Å². The zero-order valence-corrected chi connectivity index (χ0v) is 54.1. The SMILES string of the molecule is CCCCCCCCCCCCCCCCCCCC/C=C/C(O)C(CO)NC(=O)CCCCCCCCCCC/C=C\C/C=C\CCCCCCCCCCCOC(=O)CCCCCCCCCCCCCCCCCCCC. The van der Waals surface area contributed by atoms with Crippen molar-refractivity contribution in [3.63, 3.8) is 0 Å². The maximum atomic E-state index is 12.5. The summed E-state index contributed by atoms with van der Waals surface area (Å²) in [5.74, 6) is -0.0572. The van der Waals surface area contributed by atoms with Crippen LogP contribution in [0.2, 0.25) is 0 Å². The van der Waals surface area contributed by atoms with E-state index >= 15 is 0 Å². The number of aliphatic hydroxyl groups is 2. The molecule has 0 aromatic heterocycles. The third-order valence-corrected chi connectivity index (χ3v) is 16.9. The van der Waals surface area contributed by atoms with Crippen molar-refractivity contribution in [3.8, 4) is 0 Å². The largest absolute Gasteiger partial charge is 0.466 e. The number of ether oxygens (including phenoxy) is 1. The van der Waals surface area contributed by atoms with Crippen LogP contribution in [0.5, 0.6) is 0 Å². The van der Waals surface area contributed by atoms with Crippen molar-refractivity contribution in [2.45, 2.75) is 411 Å². The highest BCUT2D eigenvalue weighted by Gasteiger charge is 2.18. The van der Waals surface area contributed by atoms with E-state index in [1.807, 2.05) is 6.08 Å². The Morgan fingerprint density at radius 3 is 0.950 bits per heavy atom. The molecule has 0 aliphatic heterocycles. The third kappa shape index (κ3) is 65.2. The van der Waals surface area contributed by atoms with Crippen LogP contribution in [0.25, 0.3) is 0 Å². The lowest BCUT2D eigenvalue weighted by Gasteiger charge is -2.20. The molecule has 80 heavy (non-hydrogen) atoms. The Morgan fingerprint density at radius 2 is 0.625 bits per heavy atom. The van der Waals surface area contributed by atoms with Crippen molar-refractivity contribution in [1.29, 1.82) is 0 Å². The first-order valence-electron chi connectivity index (χ1n) is 36.3. The molecular formula is C74H141NO5. The van der Waals surface area contributed by atoms with Crippen LogP contribution in [0.3, 0.4) is 0 Å². The van der Waals surface area contributed by atoms with Gasteiger partial charge in [0.1, 0.15) is 0 Å². The number of hydrogen-bond acceptors (Lipinski definition) is 5. The number of esters is 1. The van der Waals surface area contributed by atoms with E-state index in [-0.39, 0.29) is 18.5 Å². The van der Waals surface area contributed by atoms with Gasteiger partial charge in [-0.3, -0.25) is 9.59 Å². The Bertz CT molecular complexity index is 1300. The number of unbranched alkanes of at least 4 members (excludes halogenated alkanes) is 53. The second-order valence-corrected chi connectivity index (χ2v) is 24.9. The number of nitrogens with one attached hydrogen (secondary N) is 1. The summed E-state index contributed by atoms with van der Waals surface area (Å²) < 4.78 is 5.50. The van der Waals surface area contributed by atoms with Gasteiger partial charge in [-0.1, -0.05) is 359 Å². The van der Waals surface area contributed by atoms with Gasteiger partial charge in [0.15, 0.2) is 0 Å². The predicted molar refractivity (Wildman–Crippen MR) is 352 cm³/mol. The van der Waals surface area contributed by atoms with Crippen molar-refractivity contribution in [3.05, 3.63) is 36.5 Å². The number of carbonyl (C=O) groups is 2. The first kappa shape index (κ1) is 78.1. The second-order valence-electron chi connectivity index (χ2n) is 24.9. The maximum Gasteiger partial charge on any atom is 0.305 e. The van der Waals surface area contributed by atoms with E-state index < -0.39 is 12.1 Å². The van der Waals surface area contributed by atoms with Crippen LogP contribution in [0.1, 0.15) is 399 Å².